The first kappa shape index (κ1) is 11.3. The van der Waals surface area contributed by atoms with Crippen LogP contribution in [-0.2, 0) is 4.79 Å². The topological polar surface area (TPSA) is 30.0 Å². The van der Waals surface area contributed by atoms with Gasteiger partial charge < -0.3 is 0 Å². The van der Waals surface area contributed by atoms with Gasteiger partial charge in [0.25, 0.3) is 5.95 Å². The van der Waals surface area contributed by atoms with Gasteiger partial charge in [-0.1, -0.05) is 11.6 Å². The van der Waals surface area contributed by atoms with Crippen molar-refractivity contribution in [3.63, 3.8) is 0 Å². The lowest BCUT2D eigenvalue weighted by Gasteiger charge is -2.03. The Labute approximate surface area is 86.5 Å². The fraction of sp³-hybridized carbons (Fsp3) is 0.143. The van der Waals surface area contributed by atoms with Crippen LogP contribution >= 0.6 is 23.4 Å². The van der Waals surface area contributed by atoms with Gasteiger partial charge >= 0.3 is 0 Å². The van der Waals surface area contributed by atoms with Crippen LogP contribution in [-0.4, -0.2) is 10.1 Å². The second kappa shape index (κ2) is 4.18. The fourth-order valence-electron chi connectivity index (χ4n) is 0.701. The lowest BCUT2D eigenvalue weighted by molar-refractivity contribution is -0.109. The van der Waals surface area contributed by atoms with E-state index in [4.69, 9.17) is 11.6 Å². The molecule has 0 aliphatic heterocycles. The van der Waals surface area contributed by atoms with E-state index in [0.29, 0.717) is 11.8 Å². The smallest absolute Gasteiger partial charge is 0.252 e. The van der Waals surface area contributed by atoms with Gasteiger partial charge in [0.15, 0.2) is 10.9 Å². The fourth-order valence-corrected chi connectivity index (χ4v) is 1.58. The van der Waals surface area contributed by atoms with Crippen molar-refractivity contribution in [1.82, 2.24) is 4.98 Å². The summed E-state index contributed by atoms with van der Waals surface area (Å²) in [5, 5.41) is -1.22. The predicted molar refractivity (Wildman–Crippen MR) is 45.7 cm³/mol. The molecule has 0 aliphatic rings. The first-order chi connectivity index (χ1) is 6.43. The molecule has 14 heavy (non-hydrogen) atoms. The molecule has 0 unspecified atom stereocenters. The number of hydrogen-bond donors (Lipinski definition) is 0. The SMILES string of the molecule is CC(=O)Sc1c(F)c(F)nc(F)c1Cl. The van der Waals surface area contributed by atoms with Crippen LogP contribution < -0.4 is 0 Å². The summed E-state index contributed by atoms with van der Waals surface area (Å²) in [4.78, 5) is 12.6. The molecule has 0 saturated heterocycles. The molecule has 0 radical (unpaired) electrons. The Balaban J connectivity index is 3.31. The van der Waals surface area contributed by atoms with Crippen molar-refractivity contribution in [3.05, 3.63) is 22.7 Å². The first-order valence-corrected chi connectivity index (χ1v) is 4.51. The van der Waals surface area contributed by atoms with Gasteiger partial charge in [0.1, 0.15) is 5.02 Å². The number of hydrogen-bond acceptors (Lipinski definition) is 3. The van der Waals surface area contributed by atoms with Crippen LogP contribution in [0, 0.1) is 17.7 Å². The van der Waals surface area contributed by atoms with E-state index in [1.807, 2.05) is 0 Å². The molecule has 1 heterocycles. The predicted octanol–water partition coefficient (Wildman–Crippen LogP) is 2.79. The molecule has 0 saturated carbocycles. The van der Waals surface area contributed by atoms with Crippen molar-refractivity contribution >= 4 is 28.5 Å². The monoisotopic (exact) mass is 241 g/mol. The number of halogens is 4. The van der Waals surface area contributed by atoms with Gasteiger partial charge in [0.2, 0.25) is 5.95 Å². The van der Waals surface area contributed by atoms with Gasteiger partial charge in [-0.3, -0.25) is 4.79 Å². The van der Waals surface area contributed by atoms with Crippen molar-refractivity contribution < 1.29 is 18.0 Å². The van der Waals surface area contributed by atoms with E-state index >= 15 is 0 Å². The second-order valence-corrected chi connectivity index (χ2v) is 3.81. The summed E-state index contributed by atoms with van der Waals surface area (Å²) in [7, 11) is 0. The molecule has 0 N–H and O–H groups in total. The third-order valence-corrected chi connectivity index (χ3v) is 2.53. The van der Waals surface area contributed by atoms with E-state index < -0.39 is 32.7 Å². The minimum atomic E-state index is -1.62. The zero-order valence-electron chi connectivity index (χ0n) is 6.78. The summed E-state index contributed by atoms with van der Waals surface area (Å²) >= 11 is 5.61. The average Bonchev–Trinajstić information content (AvgIpc) is 2.09. The number of nitrogens with zero attached hydrogens (tertiary/aromatic N) is 1. The highest BCUT2D eigenvalue weighted by Crippen LogP contribution is 2.32. The lowest BCUT2D eigenvalue weighted by atomic mass is 10.4. The van der Waals surface area contributed by atoms with E-state index in [1.165, 1.54) is 0 Å². The minimum Gasteiger partial charge on any atom is -0.287 e. The van der Waals surface area contributed by atoms with Crippen molar-refractivity contribution in [2.24, 2.45) is 0 Å². The normalized spacial score (nSPS) is 10.4. The molecule has 76 valence electrons. The summed E-state index contributed by atoms with van der Waals surface area (Å²) in [5.41, 5.74) is 0. The van der Waals surface area contributed by atoms with Crippen molar-refractivity contribution in [2.45, 2.75) is 11.8 Å². The molecule has 0 fully saturated rings. The van der Waals surface area contributed by atoms with Gasteiger partial charge in [-0.2, -0.15) is 13.8 Å². The first-order valence-electron chi connectivity index (χ1n) is 3.32. The molecule has 7 heteroatoms. The Morgan fingerprint density at radius 3 is 2.43 bits per heavy atom. The number of carbonyl (C=O) groups is 1. The van der Waals surface area contributed by atoms with Crippen LogP contribution in [0.5, 0.6) is 0 Å². The van der Waals surface area contributed by atoms with E-state index in [1.54, 1.807) is 0 Å². The highest BCUT2D eigenvalue weighted by Gasteiger charge is 2.20. The molecular formula is C7H3ClF3NOS. The molecule has 1 aromatic heterocycles. The summed E-state index contributed by atoms with van der Waals surface area (Å²) in [5.74, 6) is -4.37. The standard InChI is InChI=1S/C7H3ClF3NOS/c1-2(13)14-5-3(8)6(10)12-7(11)4(5)9/h1H3. The molecule has 0 aliphatic carbocycles. The second-order valence-electron chi connectivity index (χ2n) is 2.24. The van der Waals surface area contributed by atoms with Gasteiger partial charge in [-0.25, -0.2) is 4.39 Å². The average molecular weight is 242 g/mol. The third-order valence-electron chi connectivity index (χ3n) is 1.20. The number of carbonyl (C=O) groups excluding carboxylic acids is 1. The number of pyridine rings is 1. The highest BCUT2D eigenvalue weighted by molar-refractivity contribution is 8.13. The third kappa shape index (κ3) is 2.19. The zero-order valence-corrected chi connectivity index (χ0v) is 8.35. The molecule has 0 amide bonds. The van der Waals surface area contributed by atoms with Crippen molar-refractivity contribution in [1.29, 1.82) is 0 Å². The molecule has 1 rings (SSSR count). The maximum Gasteiger partial charge on any atom is 0.252 e. The van der Waals surface area contributed by atoms with Gasteiger partial charge in [-0.15, -0.1) is 0 Å². The molecule has 0 atom stereocenters. The van der Waals surface area contributed by atoms with Crippen LogP contribution in [0.25, 0.3) is 0 Å². The number of aromatic nitrogens is 1. The Morgan fingerprint density at radius 1 is 1.36 bits per heavy atom. The minimum absolute atomic E-state index is 0.314. The van der Waals surface area contributed by atoms with Crippen LogP contribution in [0.2, 0.25) is 5.02 Å². The van der Waals surface area contributed by atoms with Gasteiger partial charge in [0.05, 0.1) is 4.90 Å². The van der Waals surface area contributed by atoms with Crippen molar-refractivity contribution in [3.8, 4) is 0 Å². The largest absolute Gasteiger partial charge is 0.287 e. The summed E-state index contributed by atoms with van der Waals surface area (Å²) < 4.78 is 38.2. The summed E-state index contributed by atoms with van der Waals surface area (Å²) in [6.45, 7) is 1.12. The molecule has 0 aromatic carbocycles. The van der Waals surface area contributed by atoms with E-state index in [0.717, 1.165) is 6.92 Å². The zero-order chi connectivity index (χ0) is 10.9. The quantitative estimate of drug-likeness (QED) is 0.559. The van der Waals surface area contributed by atoms with E-state index in [9.17, 15) is 18.0 Å². The Hall–Kier alpha value is -0.750. The van der Waals surface area contributed by atoms with Crippen LogP contribution in [0.4, 0.5) is 13.2 Å². The van der Waals surface area contributed by atoms with Crippen molar-refractivity contribution in [2.75, 3.05) is 0 Å². The van der Waals surface area contributed by atoms with Gasteiger partial charge in [-0.05, 0) is 11.8 Å². The molecule has 1 aromatic rings. The number of thioether (sulfide) groups is 1. The maximum absolute atomic E-state index is 12.9. The Bertz CT molecular complexity index is 373. The van der Waals surface area contributed by atoms with E-state index in [2.05, 4.69) is 4.98 Å². The molecule has 0 spiro atoms. The Kier molecular flexibility index (Phi) is 3.38. The lowest BCUT2D eigenvalue weighted by Crippen LogP contribution is -1.99. The van der Waals surface area contributed by atoms with Crippen LogP contribution in [0.3, 0.4) is 0 Å². The maximum atomic E-state index is 12.9. The molecule has 0 bridgehead atoms. The van der Waals surface area contributed by atoms with Crippen LogP contribution in [0.15, 0.2) is 4.90 Å². The van der Waals surface area contributed by atoms with Crippen LogP contribution in [0.1, 0.15) is 6.92 Å². The summed E-state index contributed by atoms with van der Waals surface area (Å²) in [6.07, 6.45) is 0. The molecule has 2 nitrogen and oxygen atoms in total. The summed E-state index contributed by atoms with van der Waals surface area (Å²) in [6, 6.07) is 0. The Morgan fingerprint density at radius 2 is 1.93 bits per heavy atom. The van der Waals surface area contributed by atoms with E-state index in [-0.39, 0.29) is 0 Å². The highest BCUT2D eigenvalue weighted by atomic mass is 35.5. The number of rotatable bonds is 1. The molecular weight excluding hydrogens is 239 g/mol. The van der Waals surface area contributed by atoms with Gasteiger partial charge in [0, 0.05) is 6.92 Å².